The molecule has 1 atom stereocenters. The van der Waals surface area contributed by atoms with E-state index in [0.29, 0.717) is 24.9 Å². The van der Waals surface area contributed by atoms with Crippen molar-refractivity contribution < 1.29 is 9.21 Å². The van der Waals surface area contributed by atoms with E-state index in [1.807, 2.05) is 6.92 Å². The van der Waals surface area contributed by atoms with E-state index < -0.39 is 0 Å². The number of alkyl halides is 1. The number of carbonyl (C=O) groups excluding carboxylic acids is 1. The topological polar surface area (TPSA) is 59.2 Å². The number of hydrogen-bond acceptors (Lipinski definition) is 4. The van der Waals surface area contributed by atoms with Crippen LogP contribution in [-0.2, 0) is 11.2 Å². The van der Waals surface area contributed by atoms with Crippen molar-refractivity contribution in [3.63, 3.8) is 0 Å². The van der Waals surface area contributed by atoms with E-state index >= 15 is 0 Å². The number of rotatable bonds is 3. The number of aromatic nitrogens is 2. The van der Waals surface area contributed by atoms with Gasteiger partial charge >= 0.3 is 6.01 Å². The predicted octanol–water partition coefficient (Wildman–Crippen LogP) is 1.52. The van der Waals surface area contributed by atoms with Crippen LogP contribution in [0, 0.1) is 0 Å². The Morgan fingerprint density at radius 3 is 3.00 bits per heavy atom. The van der Waals surface area contributed by atoms with Crippen LogP contribution in [0.3, 0.4) is 0 Å². The van der Waals surface area contributed by atoms with Crippen molar-refractivity contribution >= 4 is 27.9 Å². The first-order valence-electron chi connectivity index (χ1n) is 4.97. The van der Waals surface area contributed by atoms with E-state index in [0.717, 1.165) is 12.8 Å². The number of carbonyl (C=O) groups is 1. The molecule has 1 fully saturated rings. The summed E-state index contributed by atoms with van der Waals surface area (Å²) in [6.45, 7) is 2.64. The van der Waals surface area contributed by atoms with Crippen molar-refractivity contribution in [3.05, 3.63) is 5.89 Å². The second-order valence-electron chi connectivity index (χ2n) is 3.53. The van der Waals surface area contributed by atoms with Gasteiger partial charge in [0.15, 0.2) is 0 Å². The van der Waals surface area contributed by atoms with Crippen molar-refractivity contribution in [2.45, 2.75) is 31.0 Å². The van der Waals surface area contributed by atoms with E-state index in [1.165, 1.54) is 4.90 Å². The highest BCUT2D eigenvalue weighted by Gasteiger charge is 2.32. The maximum absolute atomic E-state index is 11.5. The van der Waals surface area contributed by atoms with Crippen molar-refractivity contribution in [1.82, 2.24) is 10.2 Å². The third-order valence-electron chi connectivity index (χ3n) is 2.23. The molecular formula is C9H12BrN3O2. The molecule has 0 aliphatic carbocycles. The Kier molecular flexibility index (Phi) is 3.04. The summed E-state index contributed by atoms with van der Waals surface area (Å²) in [5.41, 5.74) is 0. The fraction of sp³-hybridized carbons (Fsp3) is 0.667. The van der Waals surface area contributed by atoms with Crippen LogP contribution >= 0.6 is 15.9 Å². The summed E-state index contributed by atoms with van der Waals surface area (Å²) in [5.74, 6) is 0.627. The van der Waals surface area contributed by atoms with Gasteiger partial charge in [0.1, 0.15) is 0 Å². The fourth-order valence-electron chi connectivity index (χ4n) is 1.52. The molecule has 82 valence electrons. The normalized spacial score (nSPS) is 21.3. The number of aryl methyl sites for hydroxylation is 1. The summed E-state index contributed by atoms with van der Waals surface area (Å²) >= 11 is 3.40. The lowest BCUT2D eigenvalue weighted by molar-refractivity contribution is -0.117. The van der Waals surface area contributed by atoms with Crippen LogP contribution in [0.2, 0.25) is 0 Å². The minimum atomic E-state index is 0.0311. The molecule has 1 unspecified atom stereocenters. The lowest BCUT2D eigenvalue weighted by Crippen LogP contribution is -2.24. The molecule has 0 bridgehead atoms. The van der Waals surface area contributed by atoms with Gasteiger partial charge in [-0.3, -0.25) is 9.69 Å². The number of amides is 1. The quantitative estimate of drug-likeness (QED) is 0.784. The molecule has 2 rings (SSSR count). The summed E-state index contributed by atoms with van der Waals surface area (Å²) < 4.78 is 5.39. The van der Waals surface area contributed by atoms with Crippen molar-refractivity contribution in [2.75, 3.05) is 11.4 Å². The van der Waals surface area contributed by atoms with Crippen LogP contribution in [0.1, 0.15) is 25.7 Å². The van der Waals surface area contributed by atoms with Gasteiger partial charge < -0.3 is 4.42 Å². The number of hydrogen-bond donors (Lipinski definition) is 0. The first kappa shape index (κ1) is 10.6. The zero-order valence-electron chi connectivity index (χ0n) is 8.44. The van der Waals surface area contributed by atoms with Crippen LogP contribution < -0.4 is 4.90 Å². The second-order valence-corrected chi connectivity index (χ2v) is 4.83. The van der Waals surface area contributed by atoms with E-state index in [9.17, 15) is 4.79 Å². The molecule has 0 aromatic carbocycles. The van der Waals surface area contributed by atoms with Gasteiger partial charge in [0.2, 0.25) is 11.8 Å². The maximum atomic E-state index is 11.5. The van der Waals surface area contributed by atoms with Crippen molar-refractivity contribution in [2.24, 2.45) is 0 Å². The molecule has 6 heteroatoms. The Hall–Kier alpha value is -0.910. The van der Waals surface area contributed by atoms with Gasteiger partial charge in [0.25, 0.3) is 0 Å². The van der Waals surface area contributed by atoms with E-state index in [4.69, 9.17) is 4.42 Å². The Morgan fingerprint density at radius 2 is 2.40 bits per heavy atom. The lowest BCUT2D eigenvalue weighted by atomic mass is 10.3. The molecule has 15 heavy (non-hydrogen) atoms. The summed E-state index contributed by atoms with van der Waals surface area (Å²) in [5, 5.41) is 7.75. The standard InChI is InChI=1S/C9H12BrN3O2/c1-2-3-7-11-12-9(15-7)13-5-6(10)4-8(13)14/h6H,2-5H2,1H3. The summed E-state index contributed by atoms with van der Waals surface area (Å²) in [4.78, 5) is 13.2. The molecule has 0 saturated carbocycles. The molecule has 2 heterocycles. The molecule has 5 nitrogen and oxygen atoms in total. The van der Waals surface area contributed by atoms with Gasteiger partial charge in [0, 0.05) is 24.2 Å². The summed E-state index contributed by atoms with van der Waals surface area (Å²) in [6, 6.07) is 0.324. The number of nitrogens with zero attached hydrogens (tertiary/aromatic N) is 3. The Bertz CT molecular complexity index is 366. The van der Waals surface area contributed by atoms with Gasteiger partial charge in [0.05, 0.1) is 0 Å². The third-order valence-corrected chi connectivity index (χ3v) is 2.84. The largest absolute Gasteiger partial charge is 0.408 e. The van der Waals surface area contributed by atoms with E-state index in [-0.39, 0.29) is 10.7 Å². The van der Waals surface area contributed by atoms with Crippen LogP contribution in [0.4, 0.5) is 6.01 Å². The minimum Gasteiger partial charge on any atom is -0.408 e. The van der Waals surface area contributed by atoms with Gasteiger partial charge in [-0.15, -0.1) is 5.10 Å². The third kappa shape index (κ3) is 2.19. The van der Waals surface area contributed by atoms with Crippen LogP contribution in [0.15, 0.2) is 4.42 Å². The molecule has 0 radical (unpaired) electrons. The molecule has 1 aromatic rings. The Balaban J connectivity index is 2.12. The zero-order valence-corrected chi connectivity index (χ0v) is 10.0. The highest BCUT2D eigenvalue weighted by molar-refractivity contribution is 9.09. The molecule has 0 N–H and O–H groups in total. The number of anilines is 1. The number of halogens is 1. The second kappa shape index (κ2) is 4.30. The Morgan fingerprint density at radius 1 is 1.60 bits per heavy atom. The summed E-state index contributed by atoms with van der Waals surface area (Å²) in [6.07, 6.45) is 2.20. The zero-order chi connectivity index (χ0) is 10.8. The Labute approximate surface area is 96.0 Å². The summed E-state index contributed by atoms with van der Waals surface area (Å²) in [7, 11) is 0. The predicted molar refractivity (Wildman–Crippen MR) is 58.0 cm³/mol. The average molecular weight is 274 g/mol. The van der Waals surface area contributed by atoms with Crippen molar-refractivity contribution in [1.29, 1.82) is 0 Å². The lowest BCUT2D eigenvalue weighted by Gasteiger charge is -2.08. The molecule has 1 aromatic heterocycles. The smallest absolute Gasteiger partial charge is 0.325 e. The van der Waals surface area contributed by atoms with Crippen molar-refractivity contribution in [3.8, 4) is 0 Å². The van der Waals surface area contributed by atoms with Gasteiger partial charge in [-0.05, 0) is 6.42 Å². The van der Waals surface area contributed by atoms with E-state index in [2.05, 4.69) is 26.1 Å². The van der Waals surface area contributed by atoms with Gasteiger partial charge in [-0.2, -0.15) is 0 Å². The SMILES string of the molecule is CCCc1nnc(N2CC(Br)CC2=O)o1. The van der Waals surface area contributed by atoms with Crippen LogP contribution in [0.25, 0.3) is 0 Å². The van der Waals surface area contributed by atoms with Crippen LogP contribution in [0.5, 0.6) is 0 Å². The molecule has 1 aliphatic heterocycles. The molecule has 1 saturated heterocycles. The highest BCUT2D eigenvalue weighted by Crippen LogP contribution is 2.24. The van der Waals surface area contributed by atoms with Crippen LogP contribution in [-0.4, -0.2) is 27.5 Å². The first-order valence-corrected chi connectivity index (χ1v) is 5.89. The first-order chi connectivity index (χ1) is 7.20. The van der Waals surface area contributed by atoms with E-state index in [1.54, 1.807) is 0 Å². The van der Waals surface area contributed by atoms with Gasteiger partial charge in [-0.1, -0.05) is 28.0 Å². The molecule has 1 amide bonds. The maximum Gasteiger partial charge on any atom is 0.325 e. The van der Waals surface area contributed by atoms with Gasteiger partial charge in [-0.25, -0.2) is 0 Å². The fourth-order valence-corrected chi connectivity index (χ4v) is 2.08. The monoisotopic (exact) mass is 273 g/mol. The molecule has 1 aliphatic rings. The average Bonchev–Trinajstić information content (AvgIpc) is 2.73. The highest BCUT2D eigenvalue weighted by atomic mass is 79.9. The molecular weight excluding hydrogens is 262 g/mol. The molecule has 0 spiro atoms. The minimum absolute atomic E-state index is 0.0311.